The summed E-state index contributed by atoms with van der Waals surface area (Å²) in [5.74, 6) is -0.0996. The molecule has 0 saturated carbocycles. The number of benzene rings is 3. The van der Waals surface area contributed by atoms with Crippen molar-refractivity contribution in [1.29, 1.82) is 0 Å². The van der Waals surface area contributed by atoms with Gasteiger partial charge in [-0.1, -0.05) is 70.0 Å². The third-order valence-electron chi connectivity index (χ3n) is 5.13. The van der Waals surface area contributed by atoms with Crippen LogP contribution in [0.3, 0.4) is 0 Å². The minimum absolute atomic E-state index is 0.186. The molecule has 10 heteroatoms. The lowest BCUT2D eigenvalue weighted by Gasteiger charge is -2.14. The number of ether oxygens (including phenoxy) is 2. The fourth-order valence-electron chi connectivity index (χ4n) is 3.34. The van der Waals surface area contributed by atoms with Crippen molar-refractivity contribution in [3.8, 4) is 11.5 Å². The maximum absolute atomic E-state index is 12.9. The number of nitrogens with zero attached hydrogens (tertiary/aromatic N) is 1. The normalized spacial score (nSPS) is 14.3. The molecule has 1 fully saturated rings. The molecule has 0 aromatic heterocycles. The predicted molar refractivity (Wildman–Crippen MR) is 144 cm³/mol. The van der Waals surface area contributed by atoms with Crippen LogP contribution in [0.15, 0.2) is 76.1 Å². The number of imide groups is 1. The number of methoxy groups -OCH3 is 1. The van der Waals surface area contributed by atoms with Gasteiger partial charge in [-0.05, 0) is 53.2 Å². The molecule has 4 rings (SSSR count). The van der Waals surface area contributed by atoms with Crippen molar-refractivity contribution in [1.82, 2.24) is 4.90 Å². The van der Waals surface area contributed by atoms with Gasteiger partial charge in [0.1, 0.15) is 13.2 Å². The standard InChI is InChI=1S/C26H20BrClN2O5S/c1-34-21-11-17(18(27)13-22(21)35-15-16-7-3-2-4-8-16)12-23-25(32)30(26(33)36-23)14-24(31)29-20-10-6-5-9-19(20)28/h2-13H,14-15H2,1H3,(H,29,31)/b23-12+. The van der Waals surface area contributed by atoms with E-state index in [4.69, 9.17) is 21.1 Å². The molecule has 0 bridgehead atoms. The Labute approximate surface area is 225 Å². The van der Waals surface area contributed by atoms with Gasteiger partial charge in [0.15, 0.2) is 11.5 Å². The van der Waals surface area contributed by atoms with E-state index in [1.807, 2.05) is 30.3 Å². The second-order valence-electron chi connectivity index (χ2n) is 7.59. The largest absolute Gasteiger partial charge is 0.493 e. The number of hydrogen-bond donors (Lipinski definition) is 1. The highest BCUT2D eigenvalue weighted by Crippen LogP contribution is 2.38. The lowest BCUT2D eigenvalue weighted by atomic mass is 10.1. The van der Waals surface area contributed by atoms with E-state index in [2.05, 4.69) is 21.2 Å². The molecule has 3 aromatic carbocycles. The van der Waals surface area contributed by atoms with Gasteiger partial charge in [-0.2, -0.15) is 0 Å². The minimum Gasteiger partial charge on any atom is -0.493 e. The van der Waals surface area contributed by atoms with E-state index in [0.717, 1.165) is 22.2 Å². The SMILES string of the molecule is COc1cc(/C=C2/SC(=O)N(CC(=O)Nc3ccccc3Cl)C2=O)c(Br)cc1OCc1ccccc1. The van der Waals surface area contributed by atoms with Crippen LogP contribution in [0.25, 0.3) is 6.08 Å². The first-order chi connectivity index (χ1) is 17.4. The number of thioether (sulfide) groups is 1. The topological polar surface area (TPSA) is 84.9 Å². The highest BCUT2D eigenvalue weighted by molar-refractivity contribution is 9.10. The predicted octanol–water partition coefficient (Wildman–Crippen LogP) is 6.37. The van der Waals surface area contributed by atoms with Crippen molar-refractivity contribution in [3.05, 3.63) is 92.3 Å². The van der Waals surface area contributed by atoms with E-state index in [1.54, 1.807) is 42.5 Å². The summed E-state index contributed by atoms with van der Waals surface area (Å²) in [6.45, 7) is -0.0673. The van der Waals surface area contributed by atoms with Crippen LogP contribution >= 0.6 is 39.3 Å². The third kappa shape index (κ3) is 6.10. The molecule has 184 valence electrons. The van der Waals surface area contributed by atoms with Crippen molar-refractivity contribution in [2.75, 3.05) is 19.0 Å². The number of halogens is 2. The third-order valence-corrected chi connectivity index (χ3v) is 7.05. The molecule has 1 saturated heterocycles. The van der Waals surface area contributed by atoms with Gasteiger partial charge in [0.2, 0.25) is 5.91 Å². The number of para-hydroxylation sites is 1. The Morgan fingerprint density at radius 2 is 1.81 bits per heavy atom. The Hall–Kier alpha value is -3.27. The van der Waals surface area contributed by atoms with Gasteiger partial charge in [0, 0.05) is 4.47 Å². The lowest BCUT2D eigenvalue weighted by Crippen LogP contribution is -2.36. The molecule has 1 aliphatic rings. The first kappa shape index (κ1) is 25.8. The number of rotatable bonds is 8. The fraction of sp³-hybridized carbons (Fsp3) is 0.115. The summed E-state index contributed by atoms with van der Waals surface area (Å²) in [4.78, 5) is 38.9. The zero-order chi connectivity index (χ0) is 25.7. The average Bonchev–Trinajstić information content (AvgIpc) is 3.13. The van der Waals surface area contributed by atoms with Gasteiger partial charge in [-0.3, -0.25) is 19.3 Å². The van der Waals surface area contributed by atoms with Crippen molar-refractivity contribution in [3.63, 3.8) is 0 Å². The Balaban J connectivity index is 1.48. The second kappa shape index (κ2) is 11.6. The molecule has 7 nitrogen and oxygen atoms in total. The number of amides is 3. The van der Waals surface area contributed by atoms with Gasteiger partial charge in [-0.25, -0.2) is 0 Å². The van der Waals surface area contributed by atoms with Crippen LogP contribution in [0.1, 0.15) is 11.1 Å². The first-order valence-electron chi connectivity index (χ1n) is 10.7. The molecular weight excluding hydrogens is 568 g/mol. The molecule has 0 unspecified atom stereocenters. The molecule has 1 N–H and O–H groups in total. The van der Waals surface area contributed by atoms with Gasteiger partial charge in [0.25, 0.3) is 11.1 Å². The van der Waals surface area contributed by atoms with Crippen LogP contribution in [-0.4, -0.2) is 35.6 Å². The molecule has 1 aliphatic heterocycles. The number of carbonyl (C=O) groups is 3. The molecule has 0 radical (unpaired) electrons. The highest BCUT2D eigenvalue weighted by atomic mass is 79.9. The molecule has 36 heavy (non-hydrogen) atoms. The van der Waals surface area contributed by atoms with Crippen LogP contribution in [0.5, 0.6) is 11.5 Å². The average molecular weight is 588 g/mol. The summed E-state index contributed by atoms with van der Waals surface area (Å²) in [6, 6.07) is 19.9. The van der Waals surface area contributed by atoms with E-state index in [9.17, 15) is 14.4 Å². The maximum Gasteiger partial charge on any atom is 0.294 e. The summed E-state index contributed by atoms with van der Waals surface area (Å²) in [5.41, 5.74) is 2.02. The minimum atomic E-state index is -0.561. The van der Waals surface area contributed by atoms with Crippen LogP contribution in [-0.2, 0) is 16.2 Å². The zero-order valence-corrected chi connectivity index (χ0v) is 22.2. The first-order valence-corrected chi connectivity index (χ1v) is 12.7. The van der Waals surface area contributed by atoms with Crippen LogP contribution in [0, 0.1) is 0 Å². The summed E-state index contributed by atoms with van der Waals surface area (Å²) in [6.07, 6.45) is 1.57. The number of nitrogens with one attached hydrogen (secondary N) is 1. The van der Waals surface area contributed by atoms with Crippen molar-refractivity contribution < 1.29 is 23.9 Å². The number of carbonyl (C=O) groups excluding carboxylic acids is 3. The van der Waals surface area contributed by atoms with Crippen LogP contribution < -0.4 is 14.8 Å². The molecule has 0 spiro atoms. The van der Waals surface area contributed by atoms with E-state index in [0.29, 0.717) is 38.9 Å². The number of hydrogen-bond acceptors (Lipinski definition) is 6. The Morgan fingerprint density at radius 1 is 1.08 bits per heavy atom. The molecule has 3 amide bonds. The lowest BCUT2D eigenvalue weighted by molar-refractivity contribution is -0.127. The second-order valence-corrected chi connectivity index (χ2v) is 9.85. The molecule has 3 aromatic rings. The zero-order valence-electron chi connectivity index (χ0n) is 19.0. The van der Waals surface area contributed by atoms with Crippen molar-refractivity contribution in [2.24, 2.45) is 0 Å². The smallest absolute Gasteiger partial charge is 0.294 e. The van der Waals surface area contributed by atoms with Crippen LogP contribution in [0.4, 0.5) is 10.5 Å². The van der Waals surface area contributed by atoms with Gasteiger partial charge in [-0.15, -0.1) is 0 Å². The van der Waals surface area contributed by atoms with E-state index >= 15 is 0 Å². The van der Waals surface area contributed by atoms with Gasteiger partial charge in [0.05, 0.1) is 22.7 Å². The summed E-state index contributed by atoms with van der Waals surface area (Å²) in [7, 11) is 1.52. The van der Waals surface area contributed by atoms with Crippen LogP contribution in [0.2, 0.25) is 5.02 Å². The Kier molecular flexibility index (Phi) is 8.35. The molecule has 1 heterocycles. The quantitative estimate of drug-likeness (QED) is 0.309. The molecule has 0 aliphatic carbocycles. The van der Waals surface area contributed by atoms with Gasteiger partial charge >= 0.3 is 0 Å². The molecular formula is C26H20BrClN2O5S. The molecule has 0 atom stereocenters. The van der Waals surface area contributed by atoms with Crippen molar-refractivity contribution >= 4 is 68.1 Å². The summed E-state index contributed by atoms with van der Waals surface area (Å²) < 4.78 is 12.0. The van der Waals surface area contributed by atoms with E-state index in [-0.39, 0.29) is 4.91 Å². The fourth-order valence-corrected chi connectivity index (χ4v) is 4.79. The highest BCUT2D eigenvalue weighted by Gasteiger charge is 2.36. The summed E-state index contributed by atoms with van der Waals surface area (Å²) >= 11 is 10.3. The van der Waals surface area contributed by atoms with Gasteiger partial charge < -0.3 is 14.8 Å². The van der Waals surface area contributed by atoms with Crippen molar-refractivity contribution in [2.45, 2.75) is 6.61 Å². The number of anilines is 1. The Bertz CT molecular complexity index is 1350. The van der Waals surface area contributed by atoms with E-state index < -0.39 is 23.6 Å². The summed E-state index contributed by atoms with van der Waals surface area (Å²) in [5, 5.41) is 2.43. The Morgan fingerprint density at radius 3 is 2.53 bits per heavy atom. The van der Waals surface area contributed by atoms with E-state index in [1.165, 1.54) is 7.11 Å². The monoisotopic (exact) mass is 586 g/mol. The maximum atomic E-state index is 12.9.